The number of benzene rings is 5. The van der Waals surface area contributed by atoms with Gasteiger partial charge in [0.25, 0.3) is 0 Å². The summed E-state index contributed by atoms with van der Waals surface area (Å²) in [7, 11) is 0. The van der Waals surface area contributed by atoms with Crippen LogP contribution in [0.25, 0.3) is 88.4 Å². The smallest absolute Gasteiger partial charge is 0.235 e. The first kappa shape index (κ1) is 25.2. The predicted molar refractivity (Wildman–Crippen MR) is 194 cm³/mol. The summed E-state index contributed by atoms with van der Waals surface area (Å²) in [6.45, 7) is 4.67. The molecule has 0 saturated carbocycles. The van der Waals surface area contributed by atoms with Crippen molar-refractivity contribution in [2.45, 2.75) is 19.3 Å². The summed E-state index contributed by atoms with van der Waals surface area (Å²) in [6.07, 6.45) is 0. The molecular weight excluding hydrogens is 573 g/mol. The highest BCUT2D eigenvalue weighted by atomic mass is 15.2. The zero-order valence-electron chi connectivity index (χ0n) is 26.0. The molecule has 0 atom stereocenters. The first-order valence-corrected chi connectivity index (χ1v) is 16.3. The number of pyridine rings is 1. The number of rotatable bonds is 2. The van der Waals surface area contributed by atoms with Crippen molar-refractivity contribution >= 4 is 60.0 Å². The second-order valence-corrected chi connectivity index (χ2v) is 13.4. The maximum atomic E-state index is 5.50. The van der Waals surface area contributed by atoms with Crippen LogP contribution >= 0.6 is 0 Å². The van der Waals surface area contributed by atoms with Crippen LogP contribution in [0.2, 0.25) is 0 Å². The summed E-state index contributed by atoms with van der Waals surface area (Å²) in [5.74, 6) is 0.686. The summed E-state index contributed by atoms with van der Waals surface area (Å²) >= 11 is 0. The third-order valence-electron chi connectivity index (χ3n) is 10.7. The molecule has 1 aliphatic rings. The molecule has 10 aromatic rings. The minimum absolute atomic E-state index is 0.0989. The summed E-state index contributed by atoms with van der Waals surface area (Å²) in [6, 6.07) is 48.2. The van der Waals surface area contributed by atoms with Crippen molar-refractivity contribution in [1.29, 1.82) is 0 Å². The first-order valence-electron chi connectivity index (χ1n) is 16.3. The predicted octanol–water partition coefficient (Wildman–Crippen LogP) is 10.7. The van der Waals surface area contributed by atoms with Crippen molar-refractivity contribution < 1.29 is 0 Å². The van der Waals surface area contributed by atoms with Crippen LogP contribution in [0.15, 0.2) is 133 Å². The van der Waals surface area contributed by atoms with Crippen LogP contribution in [0.3, 0.4) is 0 Å². The monoisotopic (exact) mass is 600 g/mol. The van der Waals surface area contributed by atoms with Crippen molar-refractivity contribution in [3.05, 3.63) is 145 Å². The lowest BCUT2D eigenvalue weighted by molar-refractivity contribution is 0.660. The zero-order valence-corrected chi connectivity index (χ0v) is 26.0. The van der Waals surface area contributed by atoms with Gasteiger partial charge in [-0.25, -0.2) is 9.97 Å². The van der Waals surface area contributed by atoms with Crippen LogP contribution in [0.4, 0.5) is 0 Å². The Morgan fingerprint density at radius 1 is 0.511 bits per heavy atom. The van der Waals surface area contributed by atoms with Gasteiger partial charge in [0.2, 0.25) is 5.95 Å². The van der Waals surface area contributed by atoms with Gasteiger partial charge in [-0.2, -0.15) is 0 Å². The Labute approximate surface area is 270 Å². The average Bonchev–Trinajstić information content (AvgIpc) is 3.81. The molecule has 0 unspecified atom stereocenters. The summed E-state index contributed by atoms with van der Waals surface area (Å²) in [4.78, 5) is 10.8. The second-order valence-electron chi connectivity index (χ2n) is 13.4. The molecule has 5 aromatic heterocycles. The van der Waals surface area contributed by atoms with Gasteiger partial charge in [0.05, 0.1) is 38.8 Å². The lowest BCUT2D eigenvalue weighted by Gasteiger charge is -2.22. The van der Waals surface area contributed by atoms with Gasteiger partial charge in [0.1, 0.15) is 0 Å². The maximum Gasteiger partial charge on any atom is 0.235 e. The van der Waals surface area contributed by atoms with Gasteiger partial charge in [0.15, 0.2) is 0 Å². The molecule has 220 valence electrons. The lowest BCUT2D eigenvalue weighted by atomic mass is 9.82. The summed E-state index contributed by atoms with van der Waals surface area (Å²) in [5.41, 5.74) is 14.1. The fourth-order valence-electron chi connectivity index (χ4n) is 8.59. The largest absolute Gasteiger partial charge is 0.306 e. The Balaban J connectivity index is 1.26. The normalized spacial score (nSPS) is 13.9. The Morgan fingerprint density at radius 3 is 2.09 bits per heavy atom. The Kier molecular flexibility index (Phi) is 4.63. The van der Waals surface area contributed by atoms with Gasteiger partial charge >= 0.3 is 0 Å². The van der Waals surface area contributed by atoms with Gasteiger partial charge in [-0.1, -0.05) is 117 Å². The molecule has 5 heterocycles. The van der Waals surface area contributed by atoms with E-state index in [9.17, 15) is 0 Å². The standard InChI is InChI=1S/C43H28N4/c1-43(2)32-17-8-5-12-26(32)27-23-22-25(24-33(27)43)39-30-15-6-9-18-34(30)44-42(45-39)47-36-19-10-7-16-31(36)38-37-21-11-20-35-28-13-3-4-14-29(28)40(41(38)47)46(35)37/h3-24H,1-2H3. The van der Waals surface area contributed by atoms with Crippen molar-refractivity contribution in [2.75, 3.05) is 0 Å². The number of nitrogens with zero attached hydrogens (tertiary/aromatic N) is 4. The molecule has 1 aliphatic carbocycles. The molecule has 0 amide bonds. The minimum Gasteiger partial charge on any atom is -0.306 e. The molecule has 4 heteroatoms. The van der Waals surface area contributed by atoms with Crippen LogP contribution in [0.1, 0.15) is 25.0 Å². The number of fused-ring (bicyclic) bond motifs is 12. The molecule has 0 N–H and O–H groups in total. The van der Waals surface area contributed by atoms with Gasteiger partial charge in [-0.15, -0.1) is 0 Å². The molecule has 4 nitrogen and oxygen atoms in total. The molecule has 0 fully saturated rings. The topological polar surface area (TPSA) is 35.1 Å². The van der Waals surface area contributed by atoms with E-state index in [2.05, 4.69) is 156 Å². The maximum absolute atomic E-state index is 5.50. The fourth-order valence-corrected chi connectivity index (χ4v) is 8.59. The molecule has 11 rings (SSSR count). The van der Waals surface area contributed by atoms with Crippen LogP contribution in [0, 0.1) is 0 Å². The third-order valence-corrected chi connectivity index (χ3v) is 10.7. The van der Waals surface area contributed by atoms with Crippen LogP contribution in [0.5, 0.6) is 0 Å². The molecule has 0 bridgehead atoms. The van der Waals surface area contributed by atoms with E-state index in [0.717, 1.165) is 33.2 Å². The summed E-state index contributed by atoms with van der Waals surface area (Å²) in [5, 5.41) is 6.00. The number of aromatic nitrogens is 4. The molecule has 5 aromatic carbocycles. The third kappa shape index (κ3) is 3.08. The van der Waals surface area contributed by atoms with Crippen LogP contribution in [-0.2, 0) is 5.41 Å². The molecule has 47 heavy (non-hydrogen) atoms. The number of hydrogen-bond donors (Lipinski definition) is 0. The van der Waals surface area contributed by atoms with E-state index in [1.54, 1.807) is 0 Å². The van der Waals surface area contributed by atoms with Gasteiger partial charge in [0, 0.05) is 37.9 Å². The highest BCUT2D eigenvalue weighted by molar-refractivity contribution is 6.29. The zero-order chi connectivity index (χ0) is 31.0. The van der Waals surface area contributed by atoms with E-state index >= 15 is 0 Å². The molecular formula is C43H28N4. The van der Waals surface area contributed by atoms with Crippen molar-refractivity contribution in [2.24, 2.45) is 0 Å². The SMILES string of the molecule is CC1(C)c2ccccc2-c2ccc(-c3nc(-n4c5ccccc5c5c4c4c6ccccc6c6cccc5n64)nc4ccccc34)cc21. The van der Waals surface area contributed by atoms with E-state index in [4.69, 9.17) is 9.97 Å². The summed E-state index contributed by atoms with van der Waals surface area (Å²) < 4.78 is 4.74. The first-order chi connectivity index (χ1) is 23.1. The molecule has 0 saturated heterocycles. The quantitative estimate of drug-likeness (QED) is 0.198. The highest BCUT2D eigenvalue weighted by Crippen LogP contribution is 2.50. The van der Waals surface area contributed by atoms with Crippen molar-refractivity contribution in [3.8, 4) is 28.3 Å². The lowest BCUT2D eigenvalue weighted by Crippen LogP contribution is -2.15. The van der Waals surface area contributed by atoms with E-state index in [1.807, 2.05) is 0 Å². The Morgan fingerprint density at radius 2 is 1.19 bits per heavy atom. The highest BCUT2D eigenvalue weighted by Gasteiger charge is 2.35. The van der Waals surface area contributed by atoms with Crippen LogP contribution in [-0.4, -0.2) is 18.9 Å². The molecule has 0 radical (unpaired) electrons. The van der Waals surface area contributed by atoms with Crippen LogP contribution < -0.4 is 0 Å². The van der Waals surface area contributed by atoms with E-state index in [0.29, 0.717) is 5.95 Å². The Hall–Kier alpha value is -6.00. The van der Waals surface area contributed by atoms with E-state index in [1.165, 1.54) is 60.3 Å². The van der Waals surface area contributed by atoms with E-state index < -0.39 is 0 Å². The average molecular weight is 601 g/mol. The molecule has 0 spiro atoms. The van der Waals surface area contributed by atoms with E-state index in [-0.39, 0.29) is 5.41 Å². The number of hydrogen-bond acceptors (Lipinski definition) is 2. The Bertz CT molecular complexity index is 2940. The minimum atomic E-state index is -0.0989. The number of para-hydroxylation sites is 2. The van der Waals surface area contributed by atoms with Crippen molar-refractivity contribution in [3.63, 3.8) is 0 Å². The second kappa shape index (κ2) is 8.62. The fraction of sp³-hybridized carbons (Fsp3) is 0.0698. The van der Waals surface area contributed by atoms with Gasteiger partial charge in [-0.05, 0) is 52.6 Å². The molecule has 0 aliphatic heterocycles. The van der Waals surface area contributed by atoms with Gasteiger partial charge in [-0.3, -0.25) is 4.57 Å². The van der Waals surface area contributed by atoms with Crippen molar-refractivity contribution in [1.82, 2.24) is 18.9 Å². The van der Waals surface area contributed by atoms with Gasteiger partial charge < -0.3 is 4.40 Å².